The van der Waals surface area contributed by atoms with Crippen molar-refractivity contribution in [3.63, 3.8) is 0 Å². The molecule has 0 saturated carbocycles. The van der Waals surface area contributed by atoms with E-state index in [-0.39, 0.29) is 17.6 Å². The van der Waals surface area contributed by atoms with Crippen LogP contribution >= 0.6 is 11.3 Å². The Hall–Kier alpha value is -1.46. The van der Waals surface area contributed by atoms with Gasteiger partial charge in [-0.3, -0.25) is 0 Å². The summed E-state index contributed by atoms with van der Waals surface area (Å²) in [6.45, 7) is 1.99. The molecule has 3 nitrogen and oxygen atoms in total. The van der Waals surface area contributed by atoms with Gasteiger partial charge in [0.1, 0.15) is 0 Å². The Morgan fingerprint density at radius 2 is 2.26 bits per heavy atom. The summed E-state index contributed by atoms with van der Waals surface area (Å²) in [5.74, 6) is -0.0467. The minimum absolute atomic E-state index is 0.153. The minimum Gasteiger partial charge on any atom is -0.494 e. The molecule has 0 aliphatic rings. The highest BCUT2D eigenvalue weighted by molar-refractivity contribution is 7.09. The van der Waals surface area contributed by atoms with Crippen molar-refractivity contribution in [2.75, 3.05) is 14.2 Å². The maximum Gasteiger partial charge on any atom is 0.165 e. The summed E-state index contributed by atoms with van der Waals surface area (Å²) in [5.41, 5.74) is 3.80. The van der Waals surface area contributed by atoms with Crippen LogP contribution in [0.25, 0.3) is 0 Å². The first-order valence-electron chi connectivity index (χ1n) is 6.05. The van der Waals surface area contributed by atoms with E-state index in [1.54, 1.807) is 17.4 Å². The Morgan fingerprint density at radius 1 is 1.47 bits per heavy atom. The van der Waals surface area contributed by atoms with Crippen molar-refractivity contribution in [3.8, 4) is 5.75 Å². The highest BCUT2D eigenvalue weighted by atomic mass is 32.1. The Labute approximate surface area is 116 Å². The lowest BCUT2D eigenvalue weighted by molar-refractivity contribution is 0.386. The van der Waals surface area contributed by atoms with Gasteiger partial charge in [0.05, 0.1) is 18.3 Å². The molecule has 1 atom stereocenters. The summed E-state index contributed by atoms with van der Waals surface area (Å²) in [7, 11) is 3.37. The van der Waals surface area contributed by atoms with Crippen LogP contribution in [0.2, 0.25) is 0 Å². The van der Waals surface area contributed by atoms with Crippen LogP contribution in [0.15, 0.2) is 23.7 Å². The fourth-order valence-electron chi connectivity index (χ4n) is 2.04. The van der Waals surface area contributed by atoms with E-state index in [1.807, 2.05) is 25.5 Å². The first-order valence-corrected chi connectivity index (χ1v) is 6.93. The van der Waals surface area contributed by atoms with Crippen LogP contribution in [0.5, 0.6) is 5.75 Å². The van der Waals surface area contributed by atoms with Crippen LogP contribution in [0.4, 0.5) is 4.39 Å². The summed E-state index contributed by atoms with van der Waals surface area (Å²) in [6, 6.07) is 5.24. The number of thiazole rings is 1. The monoisotopic (exact) mass is 280 g/mol. The summed E-state index contributed by atoms with van der Waals surface area (Å²) in [5, 5.41) is 3.26. The van der Waals surface area contributed by atoms with Gasteiger partial charge in [-0.2, -0.15) is 0 Å². The highest BCUT2D eigenvalue weighted by Crippen LogP contribution is 2.26. The van der Waals surface area contributed by atoms with E-state index in [2.05, 4.69) is 10.3 Å². The van der Waals surface area contributed by atoms with E-state index >= 15 is 0 Å². The zero-order valence-electron chi connectivity index (χ0n) is 11.2. The van der Waals surface area contributed by atoms with Gasteiger partial charge in [-0.15, -0.1) is 11.3 Å². The topological polar surface area (TPSA) is 34.1 Å². The quantitative estimate of drug-likeness (QED) is 0.914. The molecule has 0 spiro atoms. The van der Waals surface area contributed by atoms with E-state index in [0.717, 1.165) is 17.7 Å². The molecule has 0 aliphatic carbocycles. The van der Waals surface area contributed by atoms with Crippen molar-refractivity contribution >= 4 is 11.3 Å². The summed E-state index contributed by atoms with van der Waals surface area (Å²) in [4.78, 5) is 5.45. The third-order valence-electron chi connectivity index (χ3n) is 3.10. The average Bonchev–Trinajstić information content (AvgIpc) is 2.82. The molecule has 1 aromatic heterocycles. The first-order chi connectivity index (χ1) is 9.15. The van der Waals surface area contributed by atoms with Gasteiger partial charge in [0.25, 0.3) is 0 Å². The molecule has 2 rings (SSSR count). The lowest BCUT2D eigenvalue weighted by atomic mass is 10.0. The number of ether oxygens (including phenoxy) is 1. The van der Waals surface area contributed by atoms with Crippen molar-refractivity contribution < 1.29 is 9.13 Å². The van der Waals surface area contributed by atoms with Crippen molar-refractivity contribution in [1.82, 2.24) is 10.3 Å². The third kappa shape index (κ3) is 3.11. The smallest absolute Gasteiger partial charge is 0.165 e. The SMILES string of the molecule is CNC(Cc1ccc(OC)c(F)c1)c1scnc1C. The van der Waals surface area contributed by atoms with Crippen molar-refractivity contribution in [2.45, 2.75) is 19.4 Å². The van der Waals surface area contributed by atoms with E-state index in [1.165, 1.54) is 18.1 Å². The zero-order valence-corrected chi connectivity index (χ0v) is 12.1. The Morgan fingerprint density at radius 3 is 2.79 bits per heavy atom. The van der Waals surface area contributed by atoms with Gasteiger partial charge >= 0.3 is 0 Å². The Bertz CT molecular complexity index is 556. The summed E-state index contributed by atoms with van der Waals surface area (Å²) >= 11 is 1.62. The largest absolute Gasteiger partial charge is 0.494 e. The summed E-state index contributed by atoms with van der Waals surface area (Å²) < 4.78 is 18.6. The standard InChI is InChI=1S/C14H17FN2OS/c1-9-14(19-8-17-9)12(16-2)7-10-4-5-13(18-3)11(15)6-10/h4-6,8,12,16H,7H2,1-3H3. The molecule has 5 heteroatoms. The fourth-order valence-corrected chi connectivity index (χ4v) is 2.96. The van der Waals surface area contributed by atoms with Gasteiger partial charge in [0.15, 0.2) is 11.6 Å². The molecule has 1 N–H and O–H groups in total. The van der Waals surface area contributed by atoms with E-state index in [4.69, 9.17) is 4.74 Å². The molecule has 0 saturated heterocycles. The van der Waals surface area contributed by atoms with E-state index in [0.29, 0.717) is 0 Å². The number of methoxy groups -OCH3 is 1. The molecule has 0 bridgehead atoms. The first kappa shape index (κ1) is 14.0. The molecule has 0 aliphatic heterocycles. The van der Waals surface area contributed by atoms with Crippen LogP contribution in [-0.2, 0) is 6.42 Å². The third-order valence-corrected chi connectivity index (χ3v) is 4.15. The normalized spacial score (nSPS) is 12.4. The van der Waals surface area contributed by atoms with Crippen molar-refractivity contribution in [3.05, 3.63) is 45.7 Å². The molecule has 19 heavy (non-hydrogen) atoms. The van der Waals surface area contributed by atoms with Crippen LogP contribution in [0.1, 0.15) is 22.2 Å². The van der Waals surface area contributed by atoms with Crippen molar-refractivity contribution in [2.24, 2.45) is 0 Å². The fraction of sp³-hybridized carbons (Fsp3) is 0.357. The molecule has 2 aromatic rings. The van der Waals surface area contributed by atoms with Gasteiger partial charge in [0.2, 0.25) is 0 Å². The predicted octanol–water partition coefficient (Wildman–Crippen LogP) is 3.10. The molecule has 1 heterocycles. The van der Waals surface area contributed by atoms with Gasteiger partial charge in [-0.05, 0) is 38.1 Å². The number of aromatic nitrogens is 1. The molecule has 1 unspecified atom stereocenters. The number of halogens is 1. The molecular weight excluding hydrogens is 263 g/mol. The molecule has 102 valence electrons. The number of hydrogen-bond acceptors (Lipinski definition) is 4. The second-order valence-corrected chi connectivity index (χ2v) is 5.20. The van der Waals surface area contributed by atoms with Crippen LogP contribution in [0, 0.1) is 12.7 Å². The minimum atomic E-state index is -0.323. The number of nitrogens with zero attached hydrogens (tertiary/aromatic N) is 1. The Balaban J connectivity index is 2.19. The van der Waals surface area contributed by atoms with Gasteiger partial charge in [0, 0.05) is 10.9 Å². The predicted molar refractivity (Wildman–Crippen MR) is 75.3 cm³/mol. The van der Waals surface area contributed by atoms with Gasteiger partial charge in [-0.1, -0.05) is 6.07 Å². The molecule has 0 amide bonds. The molecule has 1 aromatic carbocycles. The Kier molecular flexibility index (Phi) is 4.50. The van der Waals surface area contributed by atoms with Crippen LogP contribution in [-0.4, -0.2) is 19.1 Å². The number of nitrogens with one attached hydrogen (secondary N) is 1. The van der Waals surface area contributed by atoms with E-state index < -0.39 is 0 Å². The number of hydrogen-bond donors (Lipinski definition) is 1. The maximum absolute atomic E-state index is 13.7. The average molecular weight is 280 g/mol. The number of likely N-dealkylation sites (N-methyl/N-ethyl adjacent to an activating group) is 1. The van der Waals surface area contributed by atoms with E-state index in [9.17, 15) is 4.39 Å². The number of benzene rings is 1. The van der Waals surface area contributed by atoms with Crippen LogP contribution in [0.3, 0.4) is 0 Å². The van der Waals surface area contributed by atoms with Gasteiger partial charge < -0.3 is 10.1 Å². The number of aryl methyl sites for hydroxylation is 1. The second-order valence-electron chi connectivity index (χ2n) is 4.32. The van der Waals surface area contributed by atoms with Gasteiger partial charge in [-0.25, -0.2) is 9.37 Å². The molecular formula is C14H17FN2OS. The lowest BCUT2D eigenvalue weighted by Gasteiger charge is -2.15. The zero-order chi connectivity index (χ0) is 13.8. The molecule has 0 radical (unpaired) electrons. The van der Waals surface area contributed by atoms with Crippen molar-refractivity contribution in [1.29, 1.82) is 0 Å². The lowest BCUT2D eigenvalue weighted by Crippen LogP contribution is -2.18. The second kappa shape index (κ2) is 6.12. The number of rotatable bonds is 5. The summed E-state index contributed by atoms with van der Waals surface area (Å²) in [6.07, 6.45) is 0.723. The molecule has 0 fully saturated rings. The highest BCUT2D eigenvalue weighted by Gasteiger charge is 2.15. The van der Waals surface area contributed by atoms with Crippen LogP contribution < -0.4 is 10.1 Å². The maximum atomic E-state index is 13.7.